The standard InChI is InChI=1S/C23H29F3N4O2/c1-16(2)20-14-21(32-27-20)22(31)30-8-4-7-19(15-30)29-11-9-28(10-12-29)18-6-3-5-17(13-18)23(24,25)26/h3,5-6,13-14,16,19H,4,7-12,15H2,1-2H3. The van der Waals surface area contributed by atoms with E-state index in [1.807, 2.05) is 23.6 Å². The van der Waals surface area contributed by atoms with Gasteiger partial charge in [-0.25, -0.2) is 0 Å². The molecule has 4 rings (SSSR count). The van der Waals surface area contributed by atoms with Gasteiger partial charge >= 0.3 is 6.18 Å². The number of aromatic nitrogens is 1. The van der Waals surface area contributed by atoms with Crippen LogP contribution in [-0.2, 0) is 6.18 Å². The van der Waals surface area contributed by atoms with E-state index in [1.165, 1.54) is 12.1 Å². The smallest absolute Gasteiger partial charge is 0.369 e. The number of piperidine rings is 1. The van der Waals surface area contributed by atoms with Gasteiger partial charge in [0.25, 0.3) is 5.91 Å². The first-order valence-corrected chi connectivity index (χ1v) is 11.1. The van der Waals surface area contributed by atoms with Crippen LogP contribution in [0.3, 0.4) is 0 Å². The van der Waals surface area contributed by atoms with Crippen molar-refractivity contribution in [2.75, 3.05) is 44.2 Å². The second-order valence-electron chi connectivity index (χ2n) is 8.89. The highest BCUT2D eigenvalue weighted by Crippen LogP contribution is 2.32. The van der Waals surface area contributed by atoms with E-state index in [0.717, 1.165) is 37.7 Å². The number of carbonyl (C=O) groups excluding carboxylic acids is 1. The van der Waals surface area contributed by atoms with Gasteiger partial charge in [-0.3, -0.25) is 9.69 Å². The van der Waals surface area contributed by atoms with Crippen molar-refractivity contribution in [3.05, 3.63) is 47.3 Å². The van der Waals surface area contributed by atoms with Crippen molar-refractivity contribution < 1.29 is 22.5 Å². The summed E-state index contributed by atoms with van der Waals surface area (Å²) in [5, 5.41) is 3.99. The minimum atomic E-state index is -4.34. The zero-order valence-electron chi connectivity index (χ0n) is 18.4. The third-order valence-corrected chi connectivity index (χ3v) is 6.38. The van der Waals surface area contributed by atoms with E-state index in [2.05, 4.69) is 10.1 Å². The molecule has 1 unspecified atom stereocenters. The topological polar surface area (TPSA) is 52.8 Å². The predicted molar refractivity (Wildman–Crippen MR) is 115 cm³/mol. The summed E-state index contributed by atoms with van der Waals surface area (Å²) in [7, 11) is 0. The van der Waals surface area contributed by atoms with Crippen molar-refractivity contribution in [2.24, 2.45) is 0 Å². The van der Waals surface area contributed by atoms with E-state index in [0.29, 0.717) is 31.9 Å². The van der Waals surface area contributed by atoms with E-state index >= 15 is 0 Å². The largest absolute Gasteiger partial charge is 0.416 e. The number of nitrogens with zero attached hydrogens (tertiary/aromatic N) is 4. The Hall–Kier alpha value is -2.55. The molecule has 2 aliphatic heterocycles. The first-order valence-electron chi connectivity index (χ1n) is 11.1. The van der Waals surface area contributed by atoms with Gasteiger partial charge in [0.15, 0.2) is 0 Å². The maximum atomic E-state index is 13.0. The molecule has 174 valence electrons. The van der Waals surface area contributed by atoms with Crippen LogP contribution < -0.4 is 4.90 Å². The van der Waals surface area contributed by atoms with Crippen LogP contribution in [0.25, 0.3) is 0 Å². The lowest BCUT2D eigenvalue weighted by Gasteiger charge is -2.43. The van der Waals surface area contributed by atoms with Crippen molar-refractivity contribution in [3.63, 3.8) is 0 Å². The molecular formula is C23H29F3N4O2. The molecule has 9 heteroatoms. The lowest BCUT2D eigenvalue weighted by atomic mass is 10.0. The number of hydrogen-bond donors (Lipinski definition) is 0. The normalized spacial score (nSPS) is 20.8. The summed E-state index contributed by atoms with van der Waals surface area (Å²) in [6.45, 7) is 8.14. The van der Waals surface area contributed by atoms with Gasteiger partial charge in [0, 0.05) is 57.1 Å². The molecule has 0 bridgehead atoms. The molecule has 0 saturated carbocycles. The van der Waals surface area contributed by atoms with Gasteiger partial charge in [0.05, 0.1) is 11.3 Å². The number of carbonyl (C=O) groups is 1. The van der Waals surface area contributed by atoms with Gasteiger partial charge in [0.2, 0.25) is 5.76 Å². The molecule has 0 radical (unpaired) electrons. The van der Waals surface area contributed by atoms with Crippen LogP contribution >= 0.6 is 0 Å². The Kier molecular flexibility index (Phi) is 6.46. The zero-order valence-corrected chi connectivity index (χ0v) is 18.4. The third kappa shape index (κ3) is 4.92. The first-order chi connectivity index (χ1) is 15.2. The number of piperazine rings is 1. The van der Waals surface area contributed by atoms with Crippen molar-refractivity contribution in [2.45, 2.75) is 44.8 Å². The molecule has 2 saturated heterocycles. The fourth-order valence-corrected chi connectivity index (χ4v) is 4.48. The molecule has 3 heterocycles. The van der Waals surface area contributed by atoms with Gasteiger partial charge in [-0.05, 0) is 37.0 Å². The summed E-state index contributed by atoms with van der Waals surface area (Å²) in [4.78, 5) is 19.1. The van der Waals surface area contributed by atoms with Crippen LogP contribution in [0.2, 0.25) is 0 Å². The van der Waals surface area contributed by atoms with E-state index in [-0.39, 0.29) is 23.6 Å². The molecule has 0 N–H and O–H groups in total. The van der Waals surface area contributed by atoms with Crippen LogP contribution in [0.4, 0.5) is 18.9 Å². The van der Waals surface area contributed by atoms with Crippen molar-refractivity contribution in [1.29, 1.82) is 0 Å². The SMILES string of the molecule is CC(C)c1cc(C(=O)N2CCCC(N3CCN(c4cccc(C(F)(F)F)c4)CC3)C2)on1. The van der Waals surface area contributed by atoms with Crippen LogP contribution in [0.1, 0.15) is 54.4 Å². The Morgan fingerprint density at radius 3 is 2.53 bits per heavy atom. The molecule has 2 aromatic rings. The average Bonchev–Trinajstić information content (AvgIpc) is 3.29. The van der Waals surface area contributed by atoms with E-state index in [1.54, 1.807) is 12.1 Å². The number of amides is 1. The molecule has 2 fully saturated rings. The number of halogens is 3. The molecule has 1 atom stereocenters. The fourth-order valence-electron chi connectivity index (χ4n) is 4.48. The Labute approximate surface area is 185 Å². The number of alkyl halides is 3. The van der Waals surface area contributed by atoms with E-state index in [4.69, 9.17) is 4.52 Å². The molecular weight excluding hydrogens is 421 g/mol. The molecule has 32 heavy (non-hydrogen) atoms. The molecule has 0 aliphatic carbocycles. The van der Waals surface area contributed by atoms with Gasteiger partial charge in [-0.1, -0.05) is 25.1 Å². The summed E-state index contributed by atoms with van der Waals surface area (Å²) < 4.78 is 44.4. The summed E-state index contributed by atoms with van der Waals surface area (Å²) >= 11 is 0. The maximum Gasteiger partial charge on any atom is 0.416 e. The van der Waals surface area contributed by atoms with Crippen LogP contribution in [0.5, 0.6) is 0 Å². The third-order valence-electron chi connectivity index (χ3n) is 6.38. The monoisotopic (exact) mass is 450 g/mol. The number of anilines is 1. The Balaban J connectivity index is 1.35. The predicted octanol–water partition coefficient (Wildman–Crippen LogP) is 4.24. The Bertz CT molecular complexity index is 935. The van der Waals surface area contributed by atoms with Crippen LogP contribution in [0, 0.1) is 0 Å². The van der Waals surface area contributed by atoms with Crippen molar-refractivity contribution in [1.82, 2.24) is 15.0 Å². The quantitative estimate of drug-likeness (QED) is 0.697. The average molecular weight is 451 g/mol. The zero-order chi connectivity index (χ0) is 22.9. The summed E-state index contributed by atoms with van der Waals surface area (Å²) in [6, 6.07) is 7.48. The van der Waals surface area contributed by atoms with E-state index < -0.39 is 11.7 Å². The molecule has 1 aromatic carbocycles. The number of rotatable bonds is 4. The number of benzene rings is 1. The summed E-state index contributed by atoms with van der Waals surface area (Å²) in [5.74, 6) is 0.350. The minimum absolute atomic E-state index is 0.128. The Morgan fingerprint density at radius 1 is 1.12 bits per heavy atom. The highest BCUT2D eigenvalue weighted by atomic mass is 19.4. The fraction of sp³-hybridized carbons (Fsp3) is 0.565. The maximum absolute atomic E-state index is 13.0. The molecule has 0 spiro atoms. The molecule has 1 amide bonds. The van der Waals surface area contributed by atoms with Gasteiger partial charge in [-0.15, -0.1) is 0 Å². The molecule has 6 nitrogen and oxygen atoms in total. The van der Waals surface area contributed by atoms with Gasteiger partial charge in [-0.2, -0.15) is 13.2 Å². The molecule has 1 aromatic heterocycles. The van der Waals surface area contributed by atoms with Gasteiger partial charge < -0.3 is 14.3 Å². The second kappa shape index (κ2) is 9.13. The van der Waals surface area contributed by atoms with Crippen LogP contribution in [0.15, 0.2) is 34.9 Å². The number of likely N-dealkylation sites (tertiary alicyclic amines) is 1. The Morgan fingerprint density at radius 2 is 1.88 bits per heavy atom. The minimum Gasteiger partial charge on any atom is -0.369 e. The van der Waals surface area contributed by atoms with E-state index in [9.17, 15) is 18.0 Å². The molecule has 2 aliphatic rings. The highest BCUT2D eigenvalue weighted by molar-refractivity contribution is 5.91. The number of hydrogen-bond acceptors (Lipinski definition) is 5. The summed E-state index contributed by atoms with van der Waals surface area (Å²) in [6.07, 6.45) is -2.42. The summed E-state index contributed by atoms with van der Waals surface area (Å²) in [5.41, 5.74) is 0.755. The van der Waals surface area contributed by atoms with Gasteiger partial charge in [0.1, 0.15) is 0 Å². The highest BCUT2D eigenvalue weighted by Gasteiger charge is 2.33. The van der Waals surface area contributed by atoms with Crippen molar-refractivity contribution >= 4 is 11.6 Å². The first kappa shape index (κ1) is 22.6. The second-order valence-corrected chi connectivity index (χ2v) is 8.89. The van der Waals surface area contributed by atoms with Crippen LogP contribution in [-0.4, -0.2) is 66.2 Å². The lowest BCUT2D eigenvalue weighted by molar-refractivity contribution is -0.137. The lowest BCUT2D eigenvalue weighted by Crippen LogP contribution is -2.55. The van der Waals surface area contributed by atoms with Crippen molar-refractivity contribution in [3.8, 4) is 0 Å².